The Hall–Kier alpha value is -4.03. The molecule has 2 aliphatic rings. The van der Waals surface area contributed by atoms with E-state index in [2.05, 4.69) is 81.5 Å². The summed E-state index contributed by atoms with van der Waals surface area (Å²) in [5, 5.41) is 5.15. The van der Waals surface area contributed by atoms with E-state index in [1.807, 2.05) is 35.1 Å². The van der Waals surface area contributed by atoms with Crippen molar-refractivity contribution >= 4 is 11.5 Å². The molecule has 3 aromatic heterocycles. The van der Waals surface area contributed by atoms with Crippen LogP contribution in [0.2, 0.25) is 0 Å². The van der Waals surface area contributed by atoms with E-state index in [-0.39, 0.29) is 0 Å². The lowest BCUT2D eigenvalue weighted by Gasteiger charge is -2.34. The third kappa shape index (κ3) is 3.58. The van der Waals surface area contributed by atoms with Crippen LogP contribution in [0.3, 0.4) is 0 Å². The minimum absolute atomic E-state index is 0.496. The van der Waals surface area contributed by atoms with Crippen LogP contribution in [0, 0.1) is 0 Å². The molecule has 0 radical (unpaired) electrons. The monoisotopic (exact) mass is 458 g/mol. The van der Waals surface area contributed by atoms with Gasteiger partial charge in [-0.25, -0.2) is 9.50 Å². The number of rotatable bonds is 5. The van der Waals surface area contributed by atoms with Gasteiger partial charge in [-0.3, -0.25) is 9.88 Å². The fraction of sp³-hybridized carbons (Fsp3) is 0.207. The Bertz CT molecular complexity index is 1470. The highest BCUT2D eigenvalue weighted by Crippen LogP contribution is 2.36. The van der Waals surface area contributed by atoms with Gasteiger partial charge in [0, 0.05) is 55.2 Å². The summed E-state index contributed by atoms with van der Waals surface area (Å²) in [6, 6.07) is 30.5. The standard InChI is InChI=1S/C29H26N6/c1-3-7-21(8-4-1)18-33-19-25-17-24(33)20-34(25)27-12-11-26-31-28(22-9-5-2-6-10-22)29(35(26)32-27)23-13-15-30-16-14-23/h1-16,24-25H,17-20H2/t24-,25+/m1/s1. The van der Waals surface area contributed by atoms with Gasteiger partial charge in [0.25, 0.3) is 0 Å². The average molecular weight is 459 g/mol. The second-order valence-electron chi connectivity index (χ2n) is 9.48. The molecule has 5 heterocycles. The van der Waals surface area contributed by atoms with E-state index in [1.54, 1.807) is 0 Å². The Labute approximate surface area is 204 Å². The number of aromatic nitrogens is 4. The number of benzene rings is 2. The van der Waals surface area contributed by atoms with Gasteiger partial charge in [-0.1, -0.05) is 60.7 Å². The fourth-order valence-corrected chi connectivity index (χ4v) is 5.68. The summed E-state index contributed by atoms with van der Waals surface area (Å²) < 4.78 is 2.01. The molecule has 35 heavy (non-hydrogen) atoms. The third-order valence-corrected chi connectivity index (χ3v) is 7.34. The van der Waals surface area contributed by atoms with Crippen molar-refractivity contribution in [3.05, 3.63) is 103 Å². The number of likely N-dealkylation sites (tertiary alicyclic amines) is 1. The molecule has 2 atom stereocenters. The number of hydrogen-bond acceptors (Lipinski definition) is 5. The molecule has 6 nitrogen and oxygen atoms in total. The van der Waals surface area contributed by atoms with Crippen LogP contribution in [0.25, 0.3) is 28.2 Å². The molecule has 2 aromatic carbocycles. The molecule has 172 valence electrons. The molecule has 0 amide bonds. The average Bonchev–Trinajstić information content (AvgIpc) is 3.62. The molecular formula is C29H26N6. The Morgan fingerprint density at radius 2 is 1.51 bits per heavy atom. The van der Waals surface area contributed by atoms with Gasteiger partial charge in [0.2, 0.25) is 0 Å². The van der Waals surface area contributed by atoms with Crippen LogP contribution >= 0.6 is 0 Å². The quantitative estimate of drug-likeness (QED) is 0.374. The number of anilines is 1. The van der Waals surface area contributed by atoms with Gasteiger partial charge in [-0.15, -0.1) is 5.10 Å². The van der Waals surface area contributed by atoms with E-state index in [9.17, 15) is 0 Å². The summed E-state index contributed by atoms with van der Waals surface area (Å²) in [6.07, 6.45) is 4.85. The van der Waals surface area contributed by atoms with Crippen molar-refractivity contribution in [1.82, 2.24) is 24.5 Å². The van der Waals surface area contributed by atoms with Crippen molar-refractivity contribution in [3.63, 3.8) is 0 Å². The molecule has 2 fully saturated rings. The van der Waals surface area contributed by atoms with Crippen LogP contribution in [0.5, 0.6) is 0 Å². The lowest BCUT2D eigenvalue weighted by molar-refractivity contribution is 0.230. The highest BCUT2D eigenvalue weighted by atomic mass is 15.4. The van der Waals surface area contributed by atoms with Gasteiger partial charge in [0.05, 0.1) is 5.69 Å². The van der Waals surface area contributed by atoms with Crippen LogP contribution in [0.4, 0.5) is 5.82 Å². The van der Waals surface area contributed by atoms with Gasteiger partial charge in [-0.2, -0.15) is 0 Å². The predicted octanol–water partition coefficient (Wildman–Crippen LogP) is 4.92. The summed E-state index contributed by atoms with van der Waals surface area (Å²) in [7, 11) is 0. The summed E-state index contributed by atoms with van der Waals surface area (Å²) >= 11 is 0. The highest BCUT2D eigenvalue weighted by molar-refractivity contribution is 5.81. The lowest BCUT2D eigenvalue weighted by Crippen LogP contribution is -2.46. The molecule has 0 saturated carbocycles. The van der Waals surface area contributed by atoms with Crippen LogP contribution in [0.1, 0.15) is 12.0 Å². The number of piperazine rings is 1. The zero-order valence-electron chi connectivity index (χ0n) is 19.4. The number of hydrogen-bond donors (Lipinski definition) is 0. The van der Waals surface area contributed by atoms with Crippen molar-refractivity contribution in [2.24, 2.45) is 0 Å². The zero-order chi connectivity index (χ0) is 23.2. The normalized spacial score (nSPS) is 19.6. The second kappa shape index (κ2) is 8.32. The van der Waals surface area contributed by atoms with Crippen molar-refractivity contribution in [2.75, 3.05) is 18.0 Å². The number of nitrogens with zero attached hydrogens (tertiary/aromatic N) is 6. The lowest BCUT2D eigenvalue weighted by atomic mass is 10.1. The summed E-state index contributed by atoms with van der Waals surface area (Å²) in [6.45, 7) is 3.12. The molecule has 2 saturated heterocycles. The molecule has 0 N–H and O–H groups in total. The molecule has 0 spiro atoms. The Morgan fingerprint density at radius 3 is 2.26 bits per heavy atom. The molecule has 0 aliphatic carbocycles. The Morgan fingerprint density at radius 1 is 0.743 bits per heavy atom. The van der Waals surface area contributed by atoms with Gasteiger partial charge >= 0.3 is 0 Å². The molecule has 6 heteroatoms. The summed E-state index contributed by atoms with van der Waals surface area (Å²) in [4.78, 5) is 14.3. The molecule has 0 unspecified atom stereocenters. The minimum Gasteiger partial charge on any atom is -0.349 e. The van der Waals surface area contributed by atoms with Crippen LogP contribution in [-0.4, -0.2) is 49.7 Å². The molecule has 5 aromatic rings. The smallest absolute Gasteiger partial charge is 0.155 e. The first-order valence-corrected chi connectivity index (χ1v) is 12.2. The zero-order valence-corrected chi connectivity index (χ0v) is 19.4. The van der Waals surface area contributed by atoms with Gasteiger partial charge in [0.15, 0.2) is 5.65 Å². The highest BCUT2D eigenvalue weighted by Gasteiger charge is 2.43. The Kier molecular flexibility index (Phi) is 4.84. The topological polar surface area (TPSA) is 49.6 Å². The van der Waals surface area contributed by atoms with Crippen molar-refractivity contribution in [3.8, 4) is 22.5 Å². The molecule has 2 bridgehead atoms. The molecule has 2 aliphatic heterocycles. The molecular weight excluding hydrogens is 432 g/mol. The summed E-state index contributed by atoms with van der Waals surface area (Å²) in [5.74, 6) is 1.02. The molecule has 7 rings (SSSR count). The van der Waals surface area contributed by atoms with Crippen molar-refractivity contribution in [2.45, 2.75) is 25.0 Å². The van der Waals surface area contributed by atoms with Gasteiger partial charge < -0.3 is 4.90 Å². The predicted molar refractivity (Wildman–Crippen MR) is 138 cm³/mol. The van der Waals surface area contributed by atoms with Crippen LogP contribution < -0.4 is 4.90 Å². The van der Waals surface area contributed by atoms with E-state index in [4.69, 9.17) is 10.1 Å². The van der Waals surface area contributed by atoms with E-state index in [1.165, 1.54) is 12.0 Å². The Balaban J connectivity index is 1.24. The number of fused-ring (bicyclic) bond motifs is 3. The van der Waals surface area contributed by atoms with Crippen molar-refractivity contribution < 1.29 is 0 Å². The van der Waals surface area contributed by atoms with E-state index in [0.717, 1.165) is 53.6 Å². The van der Waals surface area contributed by atoms with Gasteiger partial charge in [-0.05, 0) is 36.2 Å². The van der Waals surface area contributed by atoms with E-state index < -0.39 is 0 Å². The maximum absolute atomic E-state index is 5.15. The van der Waals surface area contributed by atoms with Crippen molar-refractivity contribution in [1.29, 1.82) is 0 Å². The maximum atomic E-state index is 5.15. The first-order chi connectivity index (χ1) is 17.3. The SMILES string of the molecule is c1ccc(CN2C[C@@H]3C[C@@H]2CN3c2ccc3nc(-c4ccccc4)c(-c4ccncc4)n3n2)cc1. The maximum Gasteiger partial charge on any atom is 0.155 e. The van der Waals surface area contributed by atoms with Crippen LogP contribution in [0.15, 0.2) is 97.3 Å². The van der Waals surface area contributed by atoms with Gasteiger partial charge in [0.1, 0.15) is 11.5 Å². The first-order valence-electron chi connectivity index (χ1n) is 12.2. The van der Waals surface area contributed by atoms with E-state index >= 15 is 0 Å². The fourth-order valence-electron chi connectivity index (χ4n) is 5.68. The number of imidazole rings is 1. The first kappa shape index (κ1) is 20.4. The summed E-state index contributed by atoms with van der Waals surface area (Å²) in [5.41, 5.74) is 6.34. The second-order valence-corrected chi connectivity index (χ2v) is 9.48. The number of pyridine rings is 1. The minimum atomic E-state index is 0.496. The third-order valence-electron chi connectivity index (χ3n) is 7.34. The largest absolute Gasteiger partial charge is 0.349 e. The van der Waals surface area contributed by atoms with Crippen LogP contribution in [-0.2, 0) is 6.54 Å². The van der Waals surface area contributed by atoms with E-state index in [0.29, 0.717) is 12.1 Å².